The second-order valence-corrected chi connectivity index (χ2v) is 3.66. The maximum Gasteiger partial charge on any atom is 0.573 e. The van der Waals surface area contributed by atoms with Crippen molar-refractivity contribution in [2.24, 2.45) is 5.73 Å². The molecular formula is C12H16F3NO2. The van der Waals surface area contributed by atoms with E-state index in [1.165, 1.54) is 18.2 Å². The molecule has 0 fully saturated rings. The van der Waals surface area contributed by atoms with E-state index < -0.39 is 6.36 Å². The van der Waals surface area contributed by atoms with Crippen LogP contribution in [0.2, 0.25) is 0 Å². The zero-order chi connectivity index (χ0) is 13.6. The summed E-state index contributed by atoms with van der Waals surface area (Å²) in [7, 11) is 0. The quantitative estimate of drug-likeness (QED) is 0.803. The summed E-state index contributed by atoms with van der Waals surface area (Å²) < 4.78 is 45.5. The number of ether oxygens (including phenoxy) is 2. The Labute approximate surface area is 104 Å². The Morgan fingerprint density at radius 1 is 1.28 bits per heavy atom. The number of rotatable bonds is 6. The van der Waals surface area contributed by atoms with Gasteiger partial charge in [0.2, 0.25) is 0 Å². The van der Waals surface area contributed by atoms with E-state index in [2.05, 4.69) is 4.74 Å². The fourth-order valence-electron chi connectivity index (χ4n) is 1.44. The Hall–Kier alpha value is -1.43. The minimum absolute atomic E-state index is 0.231. The normalized spacial score (nSPS) is 11.4. The summed E-state index contributed by atoms with van der Waals surface area (Å²) in [5.74, 6) is 0.339. The zero-order valence-corrected chi connectivity index (χ0v) is 10.1. The second kappa shape index (κ2) is 6.49. The van der Waals surface area contributed by atoms with Crippen molar-refractivity contribution in [1.82, 2.24) is 0 Å². The summed E-state index contributed by atoms with van der Waals surface area (Å²) in [5.41, 5.74) is 6.01. The minimum Gasteiger partial charge on any atom is -0.493 e. The lowest BCUT2D eigenvalue weighted by molar-refractivity contribution is -0.274. The molecule has 0 amide bonds. The first kappa shape index (κ1) is 14.6. The van der Waals surface area contributed by atoms with E-state index in [1.807, 2.05) is 6.92 Å². The molecule has 18 heavy (non-hydrogen) atoms. The van der Waals surface area contributed by atoms with Gasteiger partial charge in [-0.2, -0.15) is 0 Å². The molecule has 0 aliphatic carbocycles. The molecule has 1 aromatic rings. The number of aryl methyl sites for hydroxylation is 1. The highest BCUT2D eigenvalue weighted by Gasteiger charge is 2.31. The van der Waals surface area contributed by atoms with Crippen LogP contribution in [-0.4, -0.2) is 19.5 Å². The molecule has 0 bridgehead atoms. The van der Waals surface area contributed by atoms with Gasteiger partial charge in [-0.05, 0) is 43.1 Å². The van der Waals surface area contributed by atoms with Gasteiger partial charge in [-0.1, -0.05) is 6.92 Å². The third-order valence-corrected chi connectivity index (χ3v) is 2.25. The average Bonchev–Trinajstić information content (AvgIpc) is 2.29. The first-order chi connectivity index (χ1) is 8.46. The molecule has 0 spiro atoms. The lowest BCUT2D eigenvalue weighted by atomic mass is 10.1. The Balaban J connectivity index is 2.76. The van der Waals surface area contributed by atoms with E-state index in [4.69, 9.17) is 10.5 Å². The van der Waals surface area contributed by atoms with Gasteiger partial charge in [0.25, 0.3) is 0 Å². The Bertz CT molecular complexity index is 380. The summed E-state index contributed by atoms with van der Waals surface area (Å²) in [6, 6.07) is 4.06. The molecule has 1 aromatic carbocycles. The molecule has 0 saturated carbocycles. The van der Waals surface area contributed by atoms with Gasteiger partial charge in [-0.3, -0.25) is 0 Å². The van der Waals surface area contributed by atoms with Crippen LogP contribution in [0.15, 0.2) is 18.2 Å². The molecule has 0 radical (unpaired) electrons. The van der Waals surface area contributed by atoms with Crippen LogP contribution in [0, 0.1) is 0 Å². The average molecular weight is 263 g/mol. The SMILES string of the molecule is CCc1cc(OC(F)(F)F)ccc1OCCCN. The highest BCUT2D eigenvalue weighted by molar-refractivity contribution is 5.40. The lowest BCUT2D eigenvalue weighted by Gasteiger charge is -2.13. The van der Waals surface area contributed by atoms with Gasteiger partial charge < -0.3 is 15.2 Å². The van der Waals surface area contributed by atoms with E-state index in [9.17, 15) is 13.2 Å². The van der Waals surface area contributed by atoms with Gasteiger partial charge in [0.15, 0.2) is 0 Å². The number of halogens is 3. The summed E-state index contributed by atoms with van der Waals surface area (Å²) in [6.07, 6.45) is -3.41. The molecule has 0 aromatic heterocycles. The maximum atomic E-state index is 12.1. The summed E-state index contributed by atoms with van der Waals surface area (Å²) in [6.45, 7) is 2.79. The first-order valence-electron chi connectivity index (χ1n) is 5.67. The Morgan fingerprint density at radius 3 is 2.56 bits per heavy atom. The maximum absolute atomic E-state index is 12.1. The van der Waals surface area contributed by atoms with Crippen LogP contribution in [0.1, 0.15) is 18.9 Å². The van der Waals surface area contributed by atoms with E-state index in [-0.39, 0.29) is 5.75 Å². The Morgan fingerprint density at radius 2 is 2.00 bits per heavy atom. The molecule has 6 heteroatoms. The van der Waals surface area contributed by atoms with Crippen LogP contribution in [-0.2, 0) is 6.42 Å². The number of benzene rings is 1. The molecule has 0 aliphatic heterocycles. The molecule has 0 atom stereocenters. The fraction of sp³-hybridized carbons (Fsp3) is 0.500. The van der Waals surface area contributed by atoms with E-state index in [0.717, 1.165) is 0 Å². The fourth-order valence-corrected chi connectivity index (χ4v) is 1.44. The van der Waals surface area contributed by atoms with Crippen LogP contribution in [0.5, 0.6) is 11.5 Å². The topological polar surface area (TPSA) is 44.5 Å². The molecule has 0 unspecified atom stereocenters. The summed E-state index contributed by atoms with van der Waals surface area (Å²) >= 11 is 0. The third-order valence-electron chi connectivity index (χ3n) is 2.25. The lowest BCUT2D eigenvalue weighted by Crippen LogP contribution is -2.17. The van der Waals surface area contributed by atoms with E-state index in [1.54, 1.807) is 0 Å². The third kappa shape index (κ3) is 4.83. The number of nitrogens with two attached hydrogens (primary N) is 1. The van der Waals surface area contributed by atoms with Crippen molar-refractivity contribution in [2.75, 3.05) is 13.2 Å². The largest absolute Gasteiger partial charge is 0.573 e. The highest BCUT2D eigenvalue weighted by Crippen LogP contribution is 2.28. The van der Waals surface area contributed by atoms with Crippen LogP contribution >= 0.6 is 0 Å². The van der Waals surface area contributed by atoms with E-state index >= 15 is 0 Å². The predicted octanol–water partition coefficient (Wildman–Crippen LogP) is 2.88. The molecule has 0 aliphatic rings. The molecule has 0 saturated heterocycles. The van der Waals surface area contributed by atoms with Crippen molar-refractivity contribution < 1.29 is 22.6 Å². The monoisotopic (exact) mass is 263 g/mol. The van der Waals surface area contributed by atoms with Gasteiger partial charge in [0.1, 0.15) is 11.5 Å². The molecule has 2 N–H and O–H groups in total. The van der Waals surface area contributed by atoms with Gasteiger partial charge in [-0.15, -0.1) is 13.2 Å². The van der Waals surface area contributed by atoms with Crippen LogP contribution in [0.4, 0.5) is 13.2 Å². The highest BCUT2D eigenvalue weighted by atomic mass is 19.4. The van der Waals surface area contributed by atoms with Crippen molar-refractivity contribution in [2.45, 2.75) is 26.1 Å². The van der Waals surface area contributed by atoms with Crippen LogP contribution < -0.4 is 15.2 Å². The van der Waals surface area contributed by atoms with Crippen LogP contribution in [0.25, 0.3) is 0 Å². The molecular weight excluding hydrogens is 247 g/mol. The van der Waals surface area contributed by atoms with E-state index in [0.29, 0.717) is 37.3 Å². The van der Waals surface area contributed by atoms with Gasteiger partial charge >= 0.3 is 6.36 Å². The zero-order valence-electron chi connectivity index (χ0n) is 10.1. The number of hydrogen-bond acceptors (Lipinski definition) is 3. The smallest absolute Gasteiger partial charge is 0.493 e. The minimum atomic E-state index is -4.67. The van der Waals surface area contributed by atoms with Crippen molar-refractivity contribution in [3.8, 4) is 11.5 Å². The summed E-state index contributed by atoms with van der Waals surface area (Å²) in [5, 5.41) is 0. The second-order valence-electron chi connectivity index (χ2n) is 3.66. The first-order valence-corrected chi connectivity index (χ1v) is 5.67. The van der Waals surface area contributed by atoms with Crippen LogP contribution in [0.3, 0.4) is 0 Å². The van der Waals surface area contributed by atoms with Crippen molar-refractivity contribution in [3.05, 3.63) is 23.8 Å². The Kier molecular flexibility index (Phi) is 5.27. The predicted molar refractivity (Wildman–Crippen MR) is 61.7 cm³/mol. The molecule has 3 nitrogen and oxygen atoms in total. The van der Waals surface area contributed by atoms with Crippen molar-refractivity contribution >= 4 is 0 Å². The van der Waals surface area contributed by atoms with Crippen molar-refractivity contribution in [3.63, 3.8) is 0 Å². The molecule has 1 rings (SSSR count). The van der Waals surface area contributed by atoms with Gasteiger partial charge in [0, 0.05) is 0 Å². The number of alkyl halides is 3. The van der Waals surface area contributed by atoms with Gasteiger partial charge in [0.05, 0.1) is 6.61 Å². The number of hydrogen-bond donors (Lipinski definition) is 1. The van der Waals surface area contributed by atoms with Gasteiger partial charge in [-0.25, -0.2) is 0 Å². The molecule has 102 valence electrons. The standard InChI is InChI=1S/C12H16F3NO2/c1-2-9-8-10(18-12(13,14)15)4-5-11(9)17-7-3-6-16/h4-5,8H,2-3,6-7,16H2,1H3. The summed E-state index contributed by atoms with van der Waals surface area (Å²) in [4.78, 5) is 0. The van der Waals surface area contributed by atoms with Crippen molar-refractivity contribution in [1.29, 1.82) is 0 Å². The molecule has 0 heterocycles.